The molecular weight excluding hydrogens is 334 g/mol. The van der Waals surface area contributed by atoms with Gasteiger partial charge in [0.2, 0.25) is 5.91 Å². The average molecular weight is 352 g/mol. The second-order valence-corrected chi connectivity index (χ2v) is 6.30. The van der Waals surface area contributed by atoms with Crippen LogP contribution in [0.15, 0.2) is 54.6 Å². The van der Waals surface area contributed by atoms with Gasteiger partial charge in [-0.1, -0.05) is 29.8 Å². The van der Waals surface area contributed by atoms with Crippen LogP contribution in [-0.4, -0.2) is 37.0 Å². The molecule has 1 fully saturated rings. The lowest BCUT2D eigenvalue weighted by molar-refractivity contribution is -0.126. The Morgan fingerprint density at radius 2 is 1.80 bits per heavy atom. The van der Waals surface area contributed by atoms with Crippen molar-refractivity contribution in [3.63, 3.8) is 0 Å². The van der Waals surface area contributed by atoms with Gasteiger partial charge in [-0.05, 0) is 42.0 Å². The lowest BCUT2D eigenvalue weighted by atomic mass is 10.1. The molecule has 1 amide bonds. The monoisotopic (exact) mass is 351 g/mol. The van der Waals surface area contributed by atoms with E-state index >= 15 is 0 Å². The zero-order chi connectivity index (χ0) is 17.6. The van der Waals surface area contributed by atoms with Gasteiger partial charge in [0.15, 0.2) is 0 Å². The number of carbonyl (C=O) groups excluding carboxylic acids is 1. The SMILES string of the molecule is N#Cc1ccc(/C=C/C(=O)N2CCN(c3cccc(Cl)c3)CC2)cc1. The van der Waals surface area contributed by atoms with E-state index in [2.05, 4.69) is 11.0 Å². The molecule has 3 rings (SSSR count). The summed E-state index contributed by atoms with van der Waals surface area (Å²) in [6.07, 6.45) is 3.38. The molecule has 1 saturated heterocycles. The first-order chi connectivity index (χ1) is 12.2. The van der Waals surface area contributed by atoms with Gasteiger partial charge in [-0.25, -0.2) is 0 Å². The highest BCUT2D eigenvalue weighted by atomic mass is 35.5. The fraction of sp³-hybridized carbons (Fsp3) is 0.200. The fourth-order valence-corrected chi connectivity index (χ4v) is 2.98. The Kier molecular flexibility index (Phi) is 5.37. The molecule has 4 nitrogen and oxygen atoms in total. The highest BCUT2D eigenvalue weighted by Crippen LogP contribution is 2.20. The first-order valence-corrected chi connectivity index (χ1v) is 8.51. The van der Waals surface area contributed by atoms with Crippen LogP contribution in [0.4, 0.5) is 5.69 Å². The van der Waals surface area contributed by atoms with Gasteiger partial charge in [0.25, 0.3) is 0 Å². The average Bonchev–Trinajstić information content (AvgIpc) is 2.66. The van der Waals surface area contributed by atoms with Crippen molar-refractivity contribution in [3.8, 4) is 6.07 Å². The molecule has 0 aromatic heterocycles. The summed E-state index contributed by atoms with van der Waals surface area (Å²) < 4.78 is 0. The van der Waals surface area contributed by atoms with Crippen molar-refractivity contribution in [3.05, 3.63) is 70.8 Å². The minimum absolute atomic E-state index is 0.00936. The Balaban J connectivity index is 1.56. The van der Waals surface area contributed by atoms with E-state index in [4.69, 9.17) is 16.9 Å². The highest BCUT2D eigenvalue weighted by Gasteiger charge is 2.19. The second-order valence-electron chi connectivity index (χ2n) is 5.86. The smallest absolute Gasteiger partial charge is 0.246 e. The number of rotatable bonds is 3. The van der Waals surface area contributed by atoms with Crippen molar-refractivity contribution in [1.82, 2.24) is 4.90 Å². The molecule has 0 N–H and O–H groups in total. The third-order valence-corrected chi connectivity index (χ3v) is 4.46. The molecule has 1 heterocycles. The van der Waals surface area contributed by atoms with Gasteiger partial charge >= 0.3 is 0 Å². The fourth-order valence-electron chi connectivity index (χ4n) is 2.80. The zero-order valence-electron chi connectivity index (χ0n) is 13.7. The van der Waals surface area contributed by atoms with Gasteiger partial charge in [-0.15, -0.1) is 0 Å². The van der Waals surface area contributed by atoms with E-state index in [0.29, 0.717) is 18.7 Å². The van der Waals surface area contributed by atoms with Crippen molar-refractivity contribution in [2.24, 2.45) is 0 Å². The Morgan fingerprint density at radius 3 is 2.44 bits per heavy atom. The van der Waals surface area contributed by atoms with Crippen LogP contribution in [0.25, 0.3) is 6.08 Å². The molecule has 0 unspecified atom stereocenters. The predicted octanol–water partition coefficient (Wildman–Crippen LogP) is 3.57. The largest absolute Gasteiger partial charge is 0.368 e. The summed E-state index contributed by atoms with van der Waals surface area (Å²) in [4.78, 5) is 16.4. The van der Waals surface area contributed by atoms with E-state index in [1.165, 1.54) is 0 Å². The van der Waals surface area contributed by atoms with E-state index in [1.54, 1.807) is 24.3 Å². The van der Waals surface area contributed by atoms with Crippen molar-refractivity contribution >= 4 is 29.3 Å². The molecule has 0 bridgehead atoms. The van der Waals surface area contributed by atoms with Crippen LogP contribution in [0, 0.1) is 11.3 Å². The maximum absolute atomic E-state index is 12.3. The third kappa shape index (κ3) is 4.40. The number of nitriles is 1. The molecule has 126 valence electrons. The Labute approximate surface area is 152 Å². The van der Waals surface area contributed by atoms with Crippen LogP contribution < -0.4 is 4.90 Å². The molecule has 0 saturated carbocycles. The highest BCUT2D eigenvalue weighted by molar-refractivity contribution is 6.30. The van der Waals surface area contributed by atoms with Crippen LogP contribution in [-0.2, 0) is 4.79 Å². The normalized spacial score (nSPS) is 14.6. The summed E-state index contributed by atoms with van der Waals surface area (Å²) in [5.74, 6) is 0.00936. The molecular formula is C20H18ClN3O. The number of halogens is 1. The standard InChI is InChI=1S/C20H18ClN3O/c21-18-2-1-3-19(14-18)23-10-12-24(13-11-23)20(25)9-8-16-4-6-17(15-22)7-5-16/h1-9,14H,10-13H2/b9-8+. The van der Waals surface area contributed by atoms with Gasteiger partial charge in [0.1, 0.15) is 0 Å². The Bertz CT molecular complexity index is 816. The van der Waals surface area contributed by atoms with Gasteiger partial charge in [-0.3, -0.25) is 4.79 Å². The van der Waals surface area contributed by atoms with E-state index in [-0.39, 0.29) is 5.91 Å². The van der Waals surface area contributed by atoms with Crippen molar-refractivity contribution in [1.29, 1.82) is 5.26 Å². The number of amides is 1. The molecule has 1 aliphatic heterocycles. The predicted molar refractivity (Wildman–Crippen MR) is 100 cm³/mol. The first kappa shape index (κ1) is 17.1. The summed E-state index contributed by atoms with van der Waals surface area (Å²) in [6, 6.07) is 17.0. The lowest BCUT2D eigenvalue weighted by Gasteiger charge is -2.35. The summed E-state index contributed by atoms with van der Waals surface area (Å²) in [7, 11) is 0. The molecule has 25 heavy (non-hydrogen) atoms. The minimum atomic E-state index is 0.00936. The van der Waals surface area contributed by atoms with Crippen LogP contribution >= 0.6 is 11.6 Å². The molecule has 1 aliphatic rings. The maximum Gasteiger partial charge on any atom is 0.246 e. The van der Waals surface area contributed by atoms with Crippen LogP contribution in [0.5, 0.6) is 0 Å². The summed E-state index contributed by atoms with van der Waals surface area (Å²) in [6.45, 7) is 2.94. The molecule has 0 radical (unpaired) electrons. The molecule has 5 heteroatoms. The molecule has 0 atom stereocenters. The minimum Gasteiger partial charge on any atom is -0.368 e. The maximum atomic E-state index is 12.3. The molecule has 2 aromatic rings. The van der Waals surface area contributed by atoms with Crippen molar-refractivity contribution in [2.75, 3.05) is 31.1 Å². The summed E-state index contributed by atoms with van der Waals surface area (Å²) in [5.41, 5.74) is 2.61. The van der Waals surface area contributed by atoms with Gasteiger partial charge in [-0.2, -0.15) is 5.26 Å². The molecule has 2 aromatic carbocycles. The van der Waals surface area contributed by atoms with Crippen LogP contribution in [0.3, 0.4) is 0 Å². The van der Waals surface area contributed by atoms with Crippen molar-refractivity contribution < 1.29 is 4.79 Å². The number of benzene rings is 2. The van der Waals surface area contributed by atoms with Gasteiger partial charge in [0, 0.05) is 43.0 Å². The van der Waals surface area contributed by atoms with E-state index in [0.717, 1.165) is 29.4 Å². The Morgan fingerprint density at radius 1 is 1.08 bits per heavy atom. The topological polar surface area (TPSA) is 47.3 Å². The Hall–Kier alpha value is -2.77. The van der Waals surface area contributed by atoms with Crippen LogP contribution in [0.1, 0.15) is 11.1 Å². The zero-order valence-corrected chi connectivity index (χ0v) is 14.5. The quantitative estimate of drug-likeness (QED) is 0.794. The first-order valence-electron chi connectivity index (χ1n) is 8.13. The van der Waals surface area contributed by atoms with E-state index < -0.39 is 0 Å². The number of hydrogen-bond donors (Lipinski definition) is 0. The third-order valence-electron chi connectivity index (χ3n) is 4.22. The molecule has 0 aliphatic carbocycles. The number of nitrogens with zero attached hydrogens (tertiary/aromatic N) is 3. The number of anilines is 1. The van der Waals surface area contributed by atoms with Gasteiger partial charge in [0.05, 0.1) is 11.6 Å². The second kappa shape index (κ2) is 7.87. The van der Waals surface area contributed by atoms with E-state index in [1.807, 2.05) is 41.3 Å². The van der Waals surface area contributed by atoms with E-state index in [9.17, 15) is 4.79 Å². The number of carbonyl (C=O) groups is 1. The summed E-state index contributed by atoms with van der Waals surface area (Å²) in [5, 5.41) is 9.52. The van der Waals surface area contributed by atoms with Crippen LogP contribution in [0.2, 0.25) is 5.02 Å². The molecule has 0 spiro atoms. The number of hydrogen-bond acceptors (Lipinski definition) is 3. The number of piperazine rings is 1. The van der Waals surface area contributed by atoms with Crippen molar-refractivity contribution in [2.45, 2.75) is 0 Å². The lowest BCUT2D eigenvalue weighted by Crippen LogP contribution is -2.48. The summed E-state index contributed by atoms with van der Waals surface area (Å²) >= 11 is 6.04. The van der Waals surface area contributed by atoms with Gasteiger partial charge < -0.3 is 9.80 Å².